The summed E-state index contributed by atoms with van der Waals surface area (Å²) >= 11 is 1.06. The highest BCUT2D eigenvalue weighted by atomic mass is 32.2. The van der Waals surface area contributed by atoms with Crippen LogP contribution in [0.2, 0.25) is 0 Å². The number of rotatable bonds is 3. The van der Waals surface area contributed by atoms with Crippen molar-refractivity contribution in [3.8, 4) is 0 Å². The number of aromatic nitrogens is 2. The molecule has 0 radical (unpaired) electrons. The molecule has 0 saturated heterocycles. The Labute approximate surface area is 121 Å². The van der Waals surface area contributed by atoms with Crippen LogP contribution in [0.3, 0.4) is 0 Å². The number of nitrogens with zero attached hydrogens (tertiary/aromatic N) is 3. The van der Waals surface area contributed by atoms with Crippen LogP contribution in [-0.2, 0) is 6.18 Å². The minimum Gasteiger partial charge on any atom is -0.409 e. The highest BCUT2D eigenvalue weighted by molar-refractivity contribution is 7.99. The average Bonchev–Trinajstić information content (AvgIpc) is 2.47. The lowest BCUT2D eigenvalue weighted by Gasteiger charge is -2.12. The van der Waals surface area contributed by atoms with Crippen molar-refractivity contribution < 1.29 is 18.4 Å². The molecule has 0 aliphatic rings. The fourth-order valence-electron chi connectivity index (χ4n) is 1.50. The maximum absolute atomic E-state index is 12.7. The molecule has 0 unspecified atom stereocenters. The van der Waals surface area contributed by atoms with Gasteiger partial charge in [-0.05, 0) is 18.2 Å². The molecule has 3 N–H and O–H groups in total. The number of hydrogen-bond acceptors (Lipinski definition) is 5. The van der Waals surface area contributed by atoms with Gasteiger partial charge in [0.15, 0.2) is 5.84 Å². The normalized spacial score (nSPS) is 12.4. The number of oxime groups is 1. The largest absolute Gasteiger partial charge is 0.416 e. The van der Waals surface area contributed by atoms with E-state index in [0.717, 1.165) is 23.9 Å². The first-order chi connectivity index (χ1) is 9.91. The smallest absolute Gasteiger partial charge is 0.409 e. The molecule has 0 bridgehead atoms. The lowest BCUT2D eigenvalue weighted by molar-refractivity contribution is -0.137. The molecule has 110 valence electrons. The summed E-state index contributed by atoms with van der Waals surface area (Å²) in [7, 11) is 0. The molecule has 2 aromatic rings. The Kier molecular flexibility index (Phi) is 4.32. The van der Waals surface area contributed by atoms with Gasteiger partial charge in [-0.25, -0.2) is 4.98 Å². The molecule has 0 fully saturated rings. The van der Waals surface area contributed by atoms with Crippen molar-refractivity contribution in [3.05, 3.63) is 47.9 Å². The molecule has 21 heavy (non-hydrogen) atoms. The first kappa shape index (κ1) is 15.1. The van der Waals surface area contributed by atoms with Gasteiger partial charge in [-0.2, -0.15) is 13.2 Å². The molecule has 2 rings (SSSR count). The van der Waals surface area contributed by atoms with Gasteiger partial charge < -0.3 is 10.9 Å². The number of nitrogens with two attached hydrogens (primary N) is 1. The van der Waals surface area contributed by atoms with Crippen LogP contribution in [0.1, 0.15) is 11.1 Å². The Bertz CT molecular complexity index is 661. The molecule has 1 aromatic carbocycles. The van der Waals surface area contributed by atoms with Crippen LogP contribution in [0.25, 0.3) is 0 Å². The minimum atomic E-state index is -4.51. The van der Waals surface area contributed by atoms with Crippen LogP contribution < -0.4 is 5.73 Å². The van der Waals surface area contributed by atoms with E-state index in [2.05, 4.69) is 15.1 Å². The molecule has 0 aliphatic heterocycles. The molecule has 0 atom stereocenters. The van der Waals surface area contributed by atoms with E-state index in [1.54, 1.807) is 0 Å². The van der Waals surface area contributed by atoms with E-state index in [9.17, 15) is 13.2 Å². The fraction of sp³-hybridized carbons (Fsp3) is 0.0833. The number of amidine groups is 1. The third-order valence-electron chi connectivity index (χ3n) is 2.44. The summed E-state index contributed by atoms with van der Waals surface area (Å²) in [5.41, 5.74) is 4.54. The Morgan fingerprint density at radius 2 is 2.05 bits per heavy atom. The summed E-state index contributed by atoms with van der Waals surface area (Å²) in [6.45, 7) is 0. The van der Waals surface area contributed by atoms with Gasteiger partial charge in [0.05, 0.1) is 11.8 Å². The quantitative estimate of drug-likeness (QED) is 0.394. The predicted octanol–water partition coefficient (Wildman–Crippen LogP) is 2.74. The molecule has 0 amide bonds. The molecule has 1 aromatic heterocycles. The molecular weight excluding hydrogens is 305 g/mol. The highest BCUT2D eigenvalue weighted by Gasteiger charge is 2.31. The van der Waals surface area contributed by atoms with Crippen molar-refractivity contribution in [2.24, 2.45) is 10.9 Å². The Hall–Kier alpha value is -2.29. The predicted molar refractivity (Wildman–Crippen MR) is 70.1 cm³/mol. The van der Waals surface area contributed by atoms with E-state index in [4.69, 9.17) is 10.9 Å². The minimum absolute atomic E-state index is 0.0250. The van der Waals surface area contributed by atoms with E-state index in [1.807, 2.05) is 0 Å². The summed E-state index contributed by atoms with van der Waals surface area (Å²) in [6, 6.07) is 3.00. The monoisotopic (exact) mass is 314 g/mol. The zero-order chi connectivity index (χ0) is 15.5. The van der Waals surface area contributed by atoms with Gasteiger partial charge in [-0.3, -0.25) is 4.98 Å². The molecule has 1 heterocycles. The third kappa shape index (κ3) is 3.63. The van der Waals surface area contributed by atoms with Crippen LogP contribution in [0.15, 0.2) is 51.9 Å². The number of benzene rings is 1. The van der Waals surface area contributed by atoms with Crippen LogP contribution in [0, 0.1) is 0 Å². The maximum atomic E-state index is 12.7. The second-order valence-electron chi connectivity index (χ2n) is 3.84. The number of hydrogen-bond donors (Lipinski definition) is 2. The lowest BCUT2D eigenvalue weighted by atomic mass is 10.1. The standard InChI is InChI=1S/C12H9F3N4OS/c13-12(14,15)7-1-2-9(8(5-7)11(16)19-20)21-10-6-17-3-4-18-10/h1-6,20H,(H2,16,19). The molecular formula is C12H9F3N4OS. The van der Waals surface area contributed by atoms with Gasteiger partial charge >= 0.3 is 6.18 Å². The van der Waals surface area contributed by atoms with Crippen LogP contribution in [0.5, 0.6) is 0 Å². The first-order valence-corrected chi connectivity index (χ1v) is 6.36. The van der Waals surface area contributed by atoms with Gasteiger partial charge in [0.2, 0.25) is 0 Å². The summed E-state index contributed by atoms with van der Waals surface area (Å²) in [5, 5.41) is 12.0. The van der Waals surface area contributed by atoms with Crippen molar-refractivity contribution in [3.63, 3.8) is 0 Å². The van der Waals surface area contributed by atoms with Crippen LogP contribution in [-0.4, -0.2) is 21.0 Å². The zero-order valence-corrected chi connectivity index (χ0v) is 11.2. The summed E-state index contributed by atoms with van der Waals surface area (Å²) < 4.78 is 38.2. The van der Waals surface area contributed by atoms with E-state index < -0.39 is 17.6 Å². The first-order valence-electron chi connectivity index (χ1n) is 5.55. The Balaban J connectivity index is 2.46. The number of halogens is 3. The van der Waals surface area contributed by atoms with Crippen molar-refractivity contribution in [2.75, 3.05) is 0 Å². The van der Waals surface area contributed by atoms with Gasteiger partial charge in [0.25, 0.3) is 0 Å². The van der Waals surface area contributed by atoms with Gasteiger partial charge in [0.1, 0.15) is 5.03 Å². The van der Waals surface area contributed by atoms with Gasteiger partial charge in [-0.1, -0.05) is 16.9 Å². The van der Waals surface area contributed by atoms with Crippen molar-refractivity contribution >= 4 is 17.6 Å². The van der Waals surface area contributed by atoms with E-state index in [0.29, 0.717) is 9.92 Å². The summed E-state index contributed by atoms with van der Waals surface area (Å²) in [4.78, 5) is 8.24. The lowest BCUT2D eigenvalue weighted by Crippen LogP contribution is -2.16. The second kappa shape index (κ2) is 6.00. The SMILES string of the molecule is NC(=NO)c1cc(C(F)(F)F)ccc1Sc1cnccn1. The molecule has 0 saturated carbocycles. The number of alkyl halides is 3. The van der Waals surface area contributed by atoms with E-state index in [-0.39, 0.29) is 5.56 Å². The van der Waals surface area contributed by atoms with Gasteiger partial charge in [0, 0.05) is 22.9 Å². The molecule has 0 spiro atoms. The average molecular weight is 314 g/mol. The Morgan fingerprint density at radius 1 is 1.29 bits per heavy atom. The highest BCUT2D eigenvalue weighted by Crippen LogP contribution is 2.34. The summed E-state index contributed by atoms with van der Waals surface area (Å²) in [6.07, 6.45) is -0.129. The fourth-order valence-corrected chi connectivity index (χ4v) is 2.36. The molecule has 5 nitrogen and oxygen atoms in total. The van der Waals surface area contributed by atoms with Crippen molar-refractivity contribution in [1.82, 2.24) is 9.97 Å². The van der Waals surface area contributed by atoms with E-state index in [1.165, 1.54) is 24.7 Å². The topological polar surface area (TPSA) is 84.4 Å². The summed E-state index contributed by atoms with van der Waals surface area (Å²) in [5.74, 6) is -0.410. The molecule has 9 heteroatoms. The van der Waals surface area contributed by atoms with Gasteiger partial charge in [-0.15, -0.1) is 0 Å². The molecule has 0 aliphatic carbocycles. The Morgan fingerprint density at radius 3 is 2.62 bits per heavy atom. The maximum Gasteiger partial charge on any atom is 0.416 e. The second-order valence-corrected chi connectivity index (χ2v) is 4.90. The van der Waals surface area contributed by atoms with Crippen molar-refractivity contribution in [2.45, 2.75) is 16.1 Å². The third-order valence-corrected chi connectivity index (χ3v) is 3.44. The van der Waals surface area contributed by atoms with Crippen LogP contribution in [0.4, 0.5) is 13.2 Å². The van der Waals surface area contributed by atoms with Crippen LogP contribution >= 0.6 is 11.8 Å². The zero-order valence-electron chi connectivity index (χ0n) is 10.4. The van der Waals surface area contributed by atoms with E-state index >= 15 is 0 Å². The van der Waals surface area contributed by atoms with Crippen molar-refractivity contribution in [1.29, 1.82) is 0 Å².